The number of benzene rings is 1. The van der Waals surface area contributed by atoms with Crippen LogP contribution in [-0.2, 0) is 0 Å². The number of allylic oxidation sites excluding steroid dienone is 1. The van der Waals surface area contributed by atoms with Crippen molar-refractivity contribution in [1.29, 1.82) is 0 Å². The van der Waals surface area contributed by atoms with Crippen LogP contribution >= 0.6 is 0 Å². The summed E-state index contributed by atoms with van der Waals surface area (Å²) < 4.78 is 13.1. The summed E-state index contributed by atoms with van der Waals surface area (Å²) >= 11 is 0. The summed E-state index contributed by atoms with van der Waals surface area (Å²) in [5, 5.41) is 9.72. The molecule has 1 atom stereocenters. The maximum Gasteiger partial charge on any atom is 0.124 e. The molecule has 15 heavy (non-hydrogen) atoms. The highest BCUT2D eigenvalue weighted by Gasteiger charge is 2.13. The molecule has 0 radical (unpaired) electrons. The maximum absolute atomic E-state index is 13.1. The Labute approximate surface area is 89.2 Å². The Bertz CT molecular complexity index is 363. The molecule has 3 heteroatoms. The lowest BCUT2D eigenvalue weighted by Crippen LogP contribution is -2.10. The van der Waals surface area contributed by atoms with Crippen LogP contribution in [0.5, 0.6) is 5.75 Å². The lowest BCUT2D eigenvalue weighted by atomic mass is 9.99. The van der Waals surface area contributed by atoms with Crippen LogP contribution in [0.4, 0.5) is 4.39 Å². The number of rotatable bonds is 4. The Balaban J connectivity index is 2.96. The number of aryl methyl sites for hydroxylation is 1. The smallest absolute Gasteiger partial charge is 0.124 e. The standard InChI is InChI=1S/C12H16FNO/c1-3-4-5-11(14)10-7-9(13)6-8(2)12(10)15/h3,6-7,11,15H,1,4-5,14H2,2H3/t11-/m1/s1. The van der Waals surface area contributed by atoms with Crippen molar-refractivity contribution in [3.8, 4) is 5.75 Å². The van der Waals surface area contributed by atoms with Crippen LogP contribution in [0.15, 0.2) is 24.8 Å². The highest BCUT2D eigenvalue weighted by atomic mass is 19.1. The number of halogens is 1. The minimum Gasteiger partial charge on any atom is -0.507 e. The maximum atomic E-state index is 13.1. The predicted octanol–water partition coefficient (Wildman–Crippen LogP) is 2.81. The highest BCUT2D eigenvalue weighted by Crippen LogP contribution is 2.29. The second-order valence-corrected chi connectivity index (χ2v) is 3.63. The number of aromatic hydroxyl groups is 1. The van der Waals surface area contributed by atoms with E-state index in [4.69, 9.17) is 5.73 Å². The van der Waals surface area contributed by atoms with E-state index >= 15 is 0 Å². The summed E-state index contributed by atoms with van der Waals surface area (Å²) in [5.41, 5.74) is 6.83. The van der Waals surface area contributed by atoms with E-state index in [9.17, 15) is 9.50 Å². The number of phenols is 1. The minimum absolute atomic E-state index is 0.0907. The first-order valence-electron chi connectivity index (χ1n) is 4.91. The van der Waals surface area contributed by atoms with Crippen LogP contribution < -0.4 is 5.73 Å². The largest absolute Gasteiger partial charge is 0.507 e. The fraction of sp³-hybridized carbons (Fsp3) is 0.333. The Kier molecular flexibility index (Phi) is 3.86. The van der Waals surface area contributed by atoms with Crippen molar-refractivity contribution >= 4 is 0 Å². The molecule has 0 amide bonds. The lowest BCUT2D eigenvalue weighted by Gasteiger charge is -2.14. The van der Waals surface area contributed by atoms with E-state index in [1.54, 1.807) is 13.0 Å². The Morgan fingerprint density at radius 2 is 2.27 bits per heavy atom. The van der Waals surface area contributed by atoms with Gasteiger partial charge in [-0.1, -0.05) is 6.08 Å². The highest BCUT2D eigenvalue weighted by molar-refractivity contribution is 5.41. The molecule has 0 fully saturated rings. The van der Waals surface area contributed by atoms with Crippen molar-refractivity contribution in [2.45, 2.75) is 25.8 Å². The number of hydrogen-bond donors (Lipinski definition) is 2. The van der Waals surface area contributed by atoms with Crippen molar-refractivity contribution < 1.29 is 9.50 Å². The van der Waals surface area contributed by atoms with Crippen molar-refractivity contribution in [3.05, 3.63) is 41.7 Å². The van der Waals surface area contributed by atoms with Gasteiger partial charge < -0.3 is 10.8 Å². The van der Waals surface area contributed by atoms with Gasteiger partial charge in [0.05, 0.1) is 0 Å². The fourth-order valence-corrected chi connectivity index (χ4v) is 1.50. The fourth-order valence-electron chi connectivity index (χ4n) is 1.50. The van der Waals surface area contributed by atoms with Gasteiger partial charge >= 0.3 is 0 Å². The zero-order chi connectivity index (χ0) is 11.4. The van der Waals surface area contributed by atoms with Gasteiger partial charge in [-0.15, -0.1) is 6.58 Å². The van der Waals surface area contributed by atoms with Crippen LogP contribution in [0, 0.1) is 12.7 Å². The second kappa shape index (κ2) is 4.94. The van der Waals surface area contributed by atoms with Crippen LogP contribution in [0.2, 0.25) is 0 Å². The topological polar surface area (TPSA) is 46.2 Å². The number of hydrogen-bond acceptors (Lipinski definition) is 2. The molecule has 0 saturated heterocycles. The molecule has 0 spiro atoms. The molecule has 2 nitrogen and oxygen atoms in total. The van der Waals surface area contributed by atoms with E-state index in [0.29, 0.717) is 17.5 Å². The molecule has 0 heterocycles. The molecular weight excluding hydrogens is 193 g/mol. The molecule has 3 N–H and O–H groups in total. The van der Waals surface area contributed by atoms with Crippen molar-refractivity contribution in [2.75, 3.05) is 0 Å². The monoisotopic (exact) mass is 209 g/mol. The van der Waals surface area contributed by atoms with Gasteiger partial charge in [-0.2, -0.15) is 0 Å². The summed E-state index contributed by atoms with van der Waals surface area (Å²) in [6.07, 6.45) is 3.15. The molecule has 0 aliphatic heterocycles. The summed E-state index contributed by atoms with van der Waals surface area (Å²) in [5.74, 6) is -0.276. The van der Waals surface area contributed by atoms with E-state index in [2.05, 4.69) is 6.58 Å². The number of phenolic OH excluding ortho intramolecular Hbond substituents is 1. The van der Waals surface area contributed by atoms with Gasteiger partial charge in [0.25, 0.3) is 0 Å². The van der Waals surface area contributed by atoms with Crippen molar-refractivity contribution in [3.63, 3.8) is 0 Å². The molecular formula is C12H16FNO. The van der Waals surface area contributed by atoms with E-state index < -0.39 is 0 Å². The van der Waals surface area contributed by atoms with Crippen molar-refractivity contribution in [1.82, 2.24) is 0 Å². The van der Waals surface area contributed by atoms with E-state index in [1.807, 2.05) is 0 Å². The zero-order valence-electron chi connectivity index (χ0n) is 8.83. The molecule has 1 rings (SSSR count). The zero-order valence-corrected chi connectivity index (χ0v) is 8.83. The van der Waals surface area contributed by atoms with E-state index in [-0.39, 0.29) is 17.6 Å². The SMILES string of the molecule is C=CCC[C@@H](N)c1cc(F)cc(C)c1O. The van der Waals surface area contributed by atoms with Crippen molar-refractivity contribution in [2.24, 2.45) is 5.73 Å². The van der Waals surface area contributed by atoms with Gasteiger partial charge in [0, 0.05) is 11.6 Å². The minimum atomic E-state index is -0.366. The third kappa shape index (κ3) is 2.80. The Hall–Kier alpha value is -1.35. The quantitative estimate of drug-likeness (QED) is 0.749. The molecule has 0 aromatic heterocycles. The molecule has 0 aliphatic carbocycles. The molecule has 1 aromatic rings. The first kappa shape index (κ1) is 11.7. The summed E-state index contributed by atoms with van der Waals surface area (Å²) in [6.45, 7) is 5.25. The van der Waals surface area contributed by atoms with E-state index in [1.165, 1.54) is 12.1 Å². The Morgan fingerprint density at radius 3 is 2.87 bits per heavy atom. The Morgan fingerprint density at radius 1 is 1.60 bits per heavy atom. The van der Waals surface area contributed by atoms with Crippen LogP contribution in [0.25, 0.3) is 0 Å². The van der Waals surface area contributed by atoms with E-state index in [0.717, 1.165) is 6.42 Å². The third-order valence-corrected chi connectivity index (χ3v) is 2.38. The van der Waals surface area contributed by atoms with Gasteiger partial charge in [-0.05, 0) is 37.5 Å². The van der Waals surface area contributed by atoms with Gasteiger partial charge in [-0.3, -0.25) is 0 Å². The second-order valence-electron chi connectivity index (χ2n) is 3.63. The summed E-state index contributed by atoms with van der Waals surface area (Å²) in [4.78, 5) is 0. The van der Waals surface area contributed by atoms with Gasteiger partial charge in [0.2, 0.25) is 0 Å². The molecule has 0 aliphatic rings. The molecule has 82 valence electrons. The molecule has 0 bridgehead atoms. The summed E-state index contributed by atoms with van der Waals surface area (Å²) in [7, 11) is 0. The lowest BCUT2D eigenvalue weighted by molar-refractivity contribution is 0.451. The van der Waals surface area contributed by atoms with Gasteiger partial charge in [0.1, 0.15) is 11.6 Å². The molecule has 0 unspecified atom stereocenters. The van der Waals surface area contributed by atoms with Gasteiger partial charge in [-0.25, -0.2) is 4.39 Å². The molecule has 1 aromatic carbocycles. The predicted molar refractivity (Wildman–Crippen MR) is 59.2 cm³/mol. The first-order valence-corrected chi connectivity index (χ1v) is 4.91. The van der Waals surface area contributed by atoms with Crippen LogP contribution in [0.1, 0.15) is 30.0 Å². The third-order valence-electron chi connectivity index (χ3n) is 2.38. The average molecular weight is 209 g/mol. The van der Waals surface area contributed by atoms with Crippen LogP contribution in [0.3, 0.4) is 0 Å². The molecule has 0 saturated carbocycles. The number of nitrogens with two attached hydrogens (primary N) is 1. The normalized spacial score (nSPS) is 12.5. The first-order chi connectivity index (χ1) is 7.06. The van der Waals surface area contributed by atoms with Crippen LogP contribution in [-0.4, -0.2) is 5.11 Å². The summed E-state index contributed by atoms with van der Waals surface area (Å²) in [6, 6.07) is 2.23. The van der Waals surface area contributed by atoms with Gasteiger partial charge in [0.15, 0.2) is 0 Å². The average Bonchev–Trinajstić information content (AvgIpc) is 2.19.